The van der Waals surface area contributed by atoms with E-state index in [1.807, 2.05) is 73.1 Å². The summed E-state index contributed by atoms with van der Waals surface area (Å²) in [6, 6.07) is 23.9. The first-order valence-corrected chi connectivity index (χ1v) is 10.9. The molecule has 1 aliphatic rings. The number of nitrogens with zero attached hydrogens (tertiary/aromatic N) is 4. The monoisotopic (exact) mass is 441 g/mol. The van der Waals surface area contributed by atoms with Crippen molar-refractivity contribution in [3.05, 3.63) is 108 Å². The van der Waals surface area contributed by atoms with Gasteiger partial charge in [0.15, 0.2) is 5.11 Å². The summed E-state index contributed by atoms with van der Waals surface area (Å²) in [5.41, 5.74) is 3.96. The van der Waals surface area contributed by atoms with E-state index in [0.29, 0.717) is 11.7 Å². The number of aromatic nitrogens is 3. The first kappa shape index (κ1) is 20.2. The van der Waals surface area contributed by atoms with Crippen molar-refractivity contribution in [1.29, 1.82) is 0 Å². The van der Waals surface area contributed by atoms with E-state index < -0.39 is 0 Å². The lowest BCUT2D eigenvalue weighted by atomic mass is 10.0. The average molecular weight is 442 g/mol. The van der Waals surface area contributed by atoms with E-state index in [2.05, 4.69) is 43.1 Å². The molecule has 160 valence electrons. The van der Waals surface area contributed by atoms with Crippen LogP contribution in [0.4, 0.5) is 5.69 Å². The van der Waals surface area contributed by atoms with Crippen molar-refractivity contribution < 1.29 is 4.74 Å². The zero-order valence-electron chi connectivity index (χ0n) is 17.6. The highest BCUT2D eigenvalue weighted by molar-refractivity contribution is 7.80. The van der Waals surface area contributed by atoms with Gasteiger partial charge in [0.1, 0.15) is 11.8 Å². The van der Waals surface area contributed by atoms with Crippen LogP contribution in [0.15, 0.2) is 91.4 Å². The molecule has 2 atom stereocenters. The number of nitrogens with one attached hydrogen (secondary N) is 1. The van der Waals surface area contributed by atoms with Crippen LogP contribution in [-0.4, -0.2) is 26.8 Å². The summed E-state index contributed by atoms with van der Waals surface area (Å²) < 4.78 is 7.90. The maximum absolute atomic E-state index is 5.84. The molecule has 0 spiro atoms. The van der Waals surface area contributed by atoms with Crippen LogP contribution in [0.25, 0.3) is 0 Å². The van der Waals surface area contributed by atoms with Gasteiger partial charge >= 0.3 is 0 Å². The van der Waals surface area contributed by atoms with Gasteiger partial charge in [-0.15, -0.1) is 0 Å². The number of methoxy groups -OCH3 is 1. The molecule has 4 aromatic rings. The molecular weight excluding hydrogens is 418 g/mol. The van der Waals surface area contributed by atoms with Gasteiger partial charge in [-0.2, -0.15) is 0 Å². The summed E-state index contributed by atoms with van der Waals surface area (Å²) in [6.45, 7) is 0.668. The van der Waals surface area contributed by atoms with E-state index >= 15 is 0 Å². The lowest BCUT2D eigenvalue weighted by Crippen LogP contribution is -2.30. The fraction of sp³-hybridized carbons (Fsp3) is 0.160. The van der Waals surface area contributed by atoms with Gasteiger partial charge in [0.2, 0.25) is 0 Å². The Morgan fingerprint density at radius 3 is 2.47 bits per heavy atom. The smallest absolute Gasteiger partial charge is 0.174 e. The largest absolute Gasteiger partial charge is 0.495 e. The van der Waals surface area contributed by atoms with Gasteiger partial charge in [-0.3, -0.25) is 9.97 Å². The summed E-state index contributed by atoms with van der Waals surface area (Å²) in [5, 5.41) is 4.15. The highest BCUT2D eigenvalue weighted by atomic mass is 32.1. The lowest BCUT2D eigenvalue weighted by Gasteiger charge is -2.29. The second kappa shape index (κ2) is 8.80. The number of thiocarbonyl (C=S) groups is 1. The fourth-order valence-electron chi connectivity index (χ4n) is 4.25. The molecule has 3 aromatic heterocycles. The second-order valence-corrected chi connectivity index (χ2v) is 7.94. The van der Waals surface area contributed by atoms with E-state index in [-0.39, 0.29) is 12.1 Å². The van der Waals surface area contributed by atoms with Crippen molar-refractivity contribution in [2.24, 2.45) is 0 Å². The van der Waals surface area contributed by atoms with Gasteiger partial charge in [0.25, 0.3) is 0 Å². The number of anilines is 1. The van der Waals surface area contributed by atoms with Crippen molar-refractivity contribution >= 4 is 23.0 Å². The minimum Gasteiger partial charge on any atom is -0.495 e. The predicted octanol–water partition coefficient (Wildman–Crippen LogP) is 4.51. The van der Waals surface area contributed by atoms with Crippen LogP contribution in [0.3, 0.4) is 0 Å². The summed E-state index contributed by atoms with van der Waals surface area (Å²) >= 11 is 5.84. The van der Waals surface area contributed by atoms with Crippen molar-refractivity contribution in [2.75, 3.05) is 12.0 Å². The third kappa shape index (κ3) is 3.71. The van der Waals surface area contributed by atoms with Crippen molar-refractivity contribution in [2.45, 2.75) is 18.6 Å². The number of hydrogen-bond donors (Lipinski definition) is 1. The molecule has 0 bridgehead atoms. The SMILES string of the molecule is COc1ccccc1N1C(=S)N[C@@H](c2ccccn2)[C@@H]1c1cccn1Cc1ccccn1. The Hall–Kier alpha value is -3.71. The topological polar surface area (TPSA) is 55.2 Å². The fourth-order valence-corrected chi connectivity index (χ4v) is 4.59. The molecule has 1 saturated heterocycles. The first-order chi connectivity index (χ1) is 15.8. The molecule has 4 heterocycles. The molecule has 1 fully saturated rings. The third-order valence-electron chi connectivity index (χ3n) is 5.67. The van der Waals surface area contributed by atoms with Crippen LogP contribution in [0.2, 0.25) is 0 Å². The second-order valence-electron chi connectivity index (χ2n) is 7.55. The number of benzene rings is 1. The molecule has 32 heavy (non-hydrogen) atoms. The normalized spacial score (nSPS) is 17.9. The van der Waals surface area contributed by atoms with Gasteiger partial charge in [-0.05, 0) is 60.7 Å². The van der Waals surface area contributed by atoms with Gasteiger partial charge in [-0.25, -0.2) is 0 Å². The van der Waals surface area contributed by atoms with Crippen LogP contribution < -0.4 is 15.0 Å². The van der Waals surface area contributed by atoms with E-state index in [9.17, 15) is 0 Å². The molecule has 1 N–H and O–H groups in total. The van der Waals surface area contributed by atoms with E-state index in [0.717, 1.165) is 28.5 Å². The molecule has 1 aliphatic heterocycles. The van der Waals surface area contributed by atoms with Crippen LogP contribution in [0.5, 0.6) is 5.75 Å². The standard InChI is InChI=1S/C25H23N5OS/c1-31-22-13-3-2-11-20(22)30-24(23(28-25(30)32)19-10-5-7-15-27-19)21-12-8-16-29(21)17-18-9-4-6-14-26-18/h2-16,23-24H,17H2,1H3,(H,28,32)/t23-,24-/m0/s1. The summed E-state index contributed by atoms with van der Waals surface area (Å²) in [4.78, 5) is 11.3. The molecule has 5 rings (SSSR count). The maximum atomic E-state index is 5.84. The summed E-state index contributed by atoms with van der Waals surface area (Å²) in [5.74, 6) is 0.770. The van der Waals surface area contributed by atoms with E-state index in [1.165, 1.54) is 0 Å². The molecule has 0 amide bonds. The lowest BCUT2D eigenvalue weighted by molar-refractivity contribution is 0.414. The van der Waals surface area contributed by atoms with Crippen molar-refractivity contribution in [1.82, 2.24) is 19.9 Å². The first-order valence-electron chi connectivity index (χ1n) is 10.4. The number of ether oxygens (including phenoxy) is 1. The highest BCUT2D eigenvalue weighted by Crippen LogP contribution is 2.44. The number of para-hydroxylation sites is 2. The van der Waals surface area contributed by atoms with Gasteiger partial charge in [0.05, 0.1) is 36.8 Å². The maximum Gasteiger partial charge on any atom is 0.174 e. The van der Waals surface area contributed by atoms with Crippen molar-refractivity contribution in [3.63, 3.8) is 0 Å². The molecule has 0 aliphatic carbocycles. The number of pyridine rings is 2. The Labute approximate surface area is 192 Å². The minimum atomic E-state index is -0.119. The van der Waals surface area contributed by atoms with Gasteiger partial charge in [-0.1, -0.05) is 24.3 Å². The number of hydrogen-bond acceptors (Lipinski definition) is 4. The van der Waals surface area contributed by atoms with Gasteiger partial charge < -0.3 is 19.5 Å². The summed E-state index contributed by atoms with van der Waals surface area (Å²) in [7, 11) is 1.68. The molecule has 1 aromatic carbocycles. The number of rotatable bonds is 6. The Balaban J connectivity index is 1.63. The quantitative estimate of drug-likeness (QED) is 0.444. The van der Waals surface area contributed by atoms with Crippen LogP contribution in [0.1, 0.15) is 29.2 Å². The zero-order chi connectivity index (χ0) is 21.9. The van der Waals surface area contributed by atoms with Crippen LogP contribution >= 0.6 is 12.2 Å². The predicted molar refractivity (Wildman–Crippen MR) is 129 cm³/mol. The van der Waals surface area contributed by atoms with E-state index in [4.69, 9.17) is 17.0 Å². The molecular formula is C25H23N5OS. The molecule has 6 nitrogen and oxygen atoms in total. The zero-order valence-corrected chi connectivity index (χ0v) is 18.4. The molecule has 0 unspecified atom stereocenters. The van der Waals surface area contributed by atoms with Crippen LogP contribution in [-0.2, 0) is 6.54 Å². The Kier molecular flexibility index (Phi) is 5.56. The molecule has 7 heteroatoms. The Morgan fingerprint density at radius 1 is 0.938 bits per heavy atom. The minimum absolute atomic E-state index is 0.118. The van der Waals surface area contributed by atoms with Crippen molar-refractivity contribution in [3.8, 4) is 5.75 Å². The van der Waals surface area contributed by atoms with Gasteiger partial charge in [0, 0.05) is 24.3 Å². The average Bonchev–Trinajstić information content (AvgIpc) is 3.43. The summed E-state index contributed by atoms with van der Waals surface area (Å²) in [6.07, 6.45) is 5.72. The Morgan fingerprint density at radius 2 is 1.72 bits per heavy atom. The van der Waals surface area contributed by atoms with E-state index in [1.54, 1.807) is 7.11 Å². The highest BCUT2D eigenvalue weighted by Gasteiger charge is 2.42. The third-order valence-corrected chi connectivity index (χ3v) is 5.98. The Bertz CT molecular complexity index is 1210. The molecule has 0 radical (unpaired) electrons. The molecule has 0 saturated carbocycles. The van der Waals surface area contributed by atoms with Crippen LogP contribution in [0, 0.1) is 0 Å².